The molecule has 0 aromatic rings. The Labute approximate surface area is 84.2 Å². The van der Waals surface area contributed by atoms with Crippen molar-refractivity contribution in [3.8, 4) is 0 Å². The first kappa shape index (κ1) is 13.4. The number of hydrogen-bond acceptors (Lipinski definition) is 4. The molecule has 0 saturated heterocycles. The molecule has 0 bridgehead atoms. The maximum atomic E-state index is 10.6. The quantitative estimate of drug-likeness (QED) is 0.396. The van der Waals surface area contributed by atoms with Crippen molar-refractivity contribution in [3.05, 3.63) is 0 Å². The van der Waals surface area contributed by atoms with Crippen molar-refractivity contribution in [1.29, 1.82) is 0 Å². The Hall–Kier alpha value is -0.620. The number of ether oxygens (including phenoxy) is 1. The van der Waals surface area contributed by atoms with E-state index in [2.05, 4.69) is 0 Å². The number of rotatable bonds is 7. The van der Waals surface area contributed by atoms with Gasteiger partial charge < -0.3 is 4.74 Å². The molecule has 0 spiro atoms. The van der Waals surface area contributed by atoms with Gasteiger partial charge in [-0.15, -0.1) is 0 Å². The van der Waals surface area contributed by atoms with E-state index in [-0.39, 0.29) is 11.7 Å². The third kappa shape index (κ3) is 9.47. The van der Waals surface area contributed by atoms with Crippen LogP contribution in [0.15, 0.2) is 0 Å². The molecule has 0 amide bonds. The predicted molar refractivity (Wildman–Crippen MR) is 51.5 cm³/mol. The highest BCUT2D eigenvalue weighted by atomic mass is 32.2. The fourth-order valence-corrected chi connectivity index (χ4v) is 1.42. The predicted octanol–water partition coefficient (Wildman–Crippen LogP) is 0.998. The normalized spacial score (nSPS) is 11.3. The Kier molecular flexibility index (Phi) is 6.48. The summed E-state index contributed by atoms with van der Waals surface area (Å²) in [5.41, 5.74) is 0. The van der Waals surface area contributed by atoms with Crippen LogP contribution in [-0.2, 0) is 19.6 Å². The minimum Gasteiger partial charge on any atom is -0.466 e. The highest BCUT2D eigenvalue weighted by Gasteiger charge is 2.03. The first-order valence-electron chi connectivity index (χ1n) is 4.56. The van der Waals surface area contributed by atoms with Gasteiger partial charge in [0.25, 0.3) is 10.1 Å². The van der Waals surface area contributed by atoms with E-state index in [4.69, 9.17) is 9.29 Å². The smallest absolute Gasteiger partial charge is 0.305 e. The Morgan fingerprint density at radius 3 is 2.43 bits per heavy atom. The minimum absolute atomic E-state index is 0.227. The van der Waals surface area contributed by atoms with E-state index in [9.17, 15) is 13.2 Å². The van der Waals surface area contributed by atoms with Gasteiger partial charge in [-0.25, -0.2) is 0 Å². The molecule has 0 aliphatic rings. The van der Waals surface area contributed by atoms with Crippen LogP contribution < -0.4 is 0 Å². The first-order chi connectivity index (χ1) is 6.45. The molecule has 0 unspecified atom stereocenters. The van der Waals surface area contributed by atoms with Gasteiger partial charge in [-0.05, 0) is 19.3 Å². The summed E-state index contributed by atoms with van der Waals surface area (Å²) in [6.45, 7) is 2.03. The molecule has 14 heavy (non-hydrogen) atoms. The number of hydrogen-bond donors (Lipinski definition) is 1. The molecule has 0 aromatic carbocycles. The van der Waals surface area contributed by atoms with Crippen molar-refractivity contribution in [3.63, 3.8) is 0 Å². The van der Waals surface area contributed by atoms with E-state index in [1.807, 2.05) is 0 Å². The average molecular weight is 224 g/mol. The van der Waals surface area contributed by atoms with Crippen LogP contribution in [0.2, 0.25) is 0 Å². The van der Waals surface area contributed by atoms with E-state index in [0.717, 1.165) is 0 Å². The molecule has 0 saturated carbocycles. The molecule has 0 radical (unpaired) electrons. The molecule has 0 aliphatic heterocycles. The molecular weight excluding hydrogens is 208 g/mol. The largest absolute Gasteiger partial charge is 0.466 e. The van der Waals surface area contributed by atoms with Crippen LogP contribution in [0.25, 0.3) is 0 Å². The van der Waals surface area contributed by atoms with Crippen LogP contribution in [0.1, 0.15) is 32.6 Å². The summed E-state index contributed by atoms with van der Waals surface area (Å²) in [5.74, 6) is -0.478. The van der Waals surface area contributed by atoms with Crippen molar-refractivity contribution in [1.82, 2.24) is 0 Å². The number of carbonyl (C=O) groups is 1. The second kappa shape index (κ2) is 6.78. The summed E-state index contributed by atoms with van der Waals surface area (Å²) in [6.07, 6.45) is 1.99. The lowest BCUT2D eigenvalue weighted by molar-refractivity contribution is -0.143. The van der Waals surface area contributed by atoms with Crippen LogP contribution in [-0.4, -0.2) is 31.3 Å². The number of esters is 1. The van der Waals surface area contributed by atoms with Crippen LogP contribution in [0.3, 0.4) is 0 Å². The zero-order valence-corrected chi connectivity index (χ0v) is 9.05. The van der Waals surface area contributed by atoms with Gasteiger partial charge in [0.2, 0.25) is 0 Å². The van der Waals surface area contributed by atoms with Crippen LogP contribution >= 0.6 is 0 Å². The van der Waals surface area contributed by atoms with E-state index < -0.39 is 10.1 Å². The van der Waals surface area contributed by atoms with Gasteiger partial charge >= 0.3 is 5.97 Å². The maximum Gasteiger partial charge on any atom is 0.305 e. The fourth-order valence-electron chi connectivity index (χ4n) is 0.851. The highest BCUT2D eigenvalue weighted by molar-refractivity contribution is 7.85. The Morgan fingerprint density at radius 1 is 1.29 bits per heavy atom. The Balaban J connectivity index is 3.27. The second-order valence-corrected chi connectivity index (χ2v) is 4.49. The third-order valence-corrected chi connectivity index (χ3v) is 2.40. The van der Waals surface area contributed by atoms with Gasteiger partial charge in [0, 0.05) is 6.42 Å². The summed E-state index contributed by atoms with van der Waals surface area (Å²) in [7, 11) is -3.84. The van der Waals surface area contributed by atoms with Gasteiger partial charge in [-0.2, -0.15) is 8.42 Å². The van der Waals surface area contributed by atoms with E-state index in [0.29, 0.717) is 32.3 Å². The van der Waals surface area contributed by atoms with Crippen molar-refractivity contribution in [2.24, 2.45) is 0 Å². The number of carbonyl (C=O) groups excluding carboxylic acids is 1. The van der Waals surface area contributed by atoms with E-state index in [1.54, 1.807) is 6.92 Å². The van der Waals surface area contributed by atoms with Crippen molar-refractivity contribution in [2.75, 3.05) is 12.4 Å². The van der Waals surface area contributed by atoms with Gasteiger partial charge in [0.15, 0.2) is 0 Å². The van der Waals surface area contributed by atoms with Crippen LogP contribution in [0.5, 0.6) is 0 Å². The second-order valence-electron chi connectivity index (χ2n) is 2.92. The Bertz CT molecular complexity index is 257. The topological polar surface area (TPSA) is 80.7 Å². The zero-order chi connectivity index (χ0) is 11.0. The monoisotopic (exact) mass is 224 g/mol. The van der Waals surface area contributed by atoms with Gasteiger partial charge in [0.05, 0.1) is 12.4 Å². The molecule has 0 heterocycles. The lowest BCUT2D eigenvalue weighted by Gasteiger charge is -2.02. The standard InChI is InChI=1S/C8H16O5S/c1-2-8(9)13-6-4-3-5-7-14(10,11)12/h2-7H2,1H3,(H,10,11,12). The SMILES string of the molecule is CCC(=O)OCCCCCS(=O)(=O)O. The summed E-state index contributed by atoms with van der Waals surface area (Å²) in [6, 6.07) is 0. The van der Waals surface area contributed by atoms with Gasteiger partial charge in [-0.3, -0.25) is 9.35 Å². The van der Waals surface area contributed by atoms with Crippen LogP contribution in [0.4, 0.5) is 0 Å². The van der Waals surface area contributed by atoms with E-state index in [1.165, 1.54) is 0 Å². The van der Waals surface area contributed by atoms with Gasteiger partial charge in [0.1, 0.15) is 0 Å². The van der Waals surface area contributed by atoms with Crippen molar-refractivity contribution < 1.29 is 22.5 Å². The third-order valence-electron chi connectivity index (χ3n) is 1.60. The van der Waals surface area contributed by atoms with Crippen molar-refractivity contribution >= 4 is 16.1 Å². The number of unbranched alkanes of at least 4 members (excludes halogenated alkanes) is 2. The average Bonchev–Trinajstić information content (AvgIpc) is 2.08. The van der Waals surface area contributed by atoms with Gasteiger partial charge in [-0.1, -0.05) is 6.92 Å². The zero-order valence-electron chi connectivity index (χ0n) is 8.23. The van der Waals surface area contributed by atoms with Crippen molar-refractivity contribution in [2.45, 2.75) is 32.6 Å². The lowest BCUT2D eigenvalue weighted by Crippen LogP contribution is -2.06. The molecule has 0 aliphatic carbocycles. The lowest BCUT2D eigenvalue weighted by atomic mass is 10.3. The van der Waals surface area contributed by atoms with E-state index >= 15 is 0 Å². The molecule has 6 heteroatoms. The molecule has 0 rings (SSSR count). The Morgan fingerprint density at radius 2 is 1.93 bits per heavy atom. The molecule has 0 fully saturated rings. The highest BCUT2D eigenvalue weighted by Crippen LogP contribution is 1.99. The molecule has 5 nitrogen and oxygen atoms in total. The molecule has 0 aromatic heterocycles. The first-order valence-corrected chi connectivity index (χ1v) is 6.17. The molecule has 1 N–H and O–H groups in total. The molecule has 84 valence electrons. The molecular formula is C8H16O5S. The fraction of sp³-hybridized carbons (Fsp3) is 0.875. The summed E-state index contributed by atoms with van der Waals surface area (Å²) in [4.78, 5) is 10.6. The minimum atomic E-state index is -3.84. The summed E-state index contributed by atoms with van der Waals surface area (Å²) < 4.78 is 33.7. The summed E-state index contributed by atoms with van der Waals surface area (Å²) >= 11 is 0. The molecule has 0 atom stereocenters. The summed E-state index contributed by atoms with van der Waals surface area (Å²) in [5, 5.41) is 0. The maximum absolute atomic E-state index is 10.6. The van der Waals surface area contributed by atoms with Crippen LogP contribution in [0, 0.1) is 0 Å².